The van der Waals surface area contributed by atoms with Crippen molar-refractivity contribution in [3.63, 3.8) is 0 Å². The summed E-state index contributed by atoms with van der Waals surface area (Å²) in [6, 6.07) is 20.2. The van der Waals surface area contributed by atoms with Crippen LogP contribution in [0.4, 0.5) is 0 Å². The van der Waals surface area contributed by atoms with Gasteiger partial charge in [0.05, 0.1) is 18.6 Å². The van der Waals surface area contributed by atoms with Crippen LogP contribution in [0.1, 0.15) is 17.4 Å². The van der Waals surface area contributed by atoms with E-state index in [1.807, 2.05) is 58.5 Å². The fourth-order valence-corrected chi connectivity index (χ4v) is 4.18. The lowest BCUT2D eigenvalue weighted by Gasteiger charge is -2.25. The Balaban J connectivity index is 1.33. The second-order valence-corrected chi connectivity index (χ2v) is 6.89. The van der Waals surface area contributed by atoms with Crippen molar-refractivity contribution >= 4 is 5.91 Å². The van der Waals surface area contributed by atoms with Gasteiger partial charge in [0.1, 0.15) is 6.10 Å². The molecule has 3 fully saturated rings. The minimum Gasteiger partial charge on any atom is -0.352 e. The highest BCUT2D eigenvalue weighted by Gasteiger charge is 2.59. The van der Waals surface area contributed by atoms with Gasteiger partial charge in [-0.3, -0.25) is 9.63 Å². The summed E-state index contributed by atoms with van der Waals surface area (Å²) in [5.74, 6) is 0.0562. The molecule has 2 aromatic carbocycles. The molecule has 3 aliphatic rings. The zero-order chi connectivity index (χ0) is 16.8. The average molecular weight is 336 g/mol. The van der Waals surface area contributed by atoms with Crippen LogP contribution in [0.3, 0.4) is 0 Å². The number of nitrogens with zero attached hydrogens (tertiary/aromatic N) is 2. The fourth-order valence-electron chi connectivity index (χ4n) is 4.18. The molecule has 3 heterocycles. The molecule has 5 rings (SSSR count). The van der Waals surface area contributed by atoms with Gasteiger partial charge in [-0.1, -0.05) is 60.7 Å². The molecule has 0 saturated carbocycles. The fraction of sp³-hybridized carbons (Fsp3) is 0.350. The zero-order valence-corrected chi connectivity index (χ0v) is 13.8. The van der Waals surface area contributed by atoms with Crippen molar-refractivity contribution in [2.45, 2.75) is 24.9 Å². The van der Waals surface area contributed by atoms with Gasteiger partial charge in [0, 0.05) is 18.7 Å². The van der Waals surface area contributed by atoms with Crippen LogP contribution in [0, 0.1) is 5.92 Å². The van der Waals surface area contributed by atoms with E-state index in [0.717, 1.165) is 5.56 Å². The van der Waals surface area contributed by atoms with Crippen LogP contribution < -0.4 is 0 Å². The first-order valence-electron chi connectivity index (χ1n) is 8.75. The van der Waals surface area contributed by atoms with Crippen LogP contribution in [-0.2, 0) is 20.9 Å². The molecule has 4 atom stereocenters. The number of hydrogen-bond acceptors (Lipinski definition) is 4. The first-order chi connectivity index (χ1) is 12.3. The highest BCUT2D eigenvalue weighted by atomic mass is 16.7. The lowest BCUT2D eigenvalue weighted by atomic mass is 10.0. The van der Waals surface area contributed by atoms with E-state index in [0.29, 0.717) is 19.7 Å². The van der Waals surface area contributed by atoms with Crippen LogP contribution in [0.5, 0.6) is 0 Å². The third-order valence-electron chi connectivity index (χ3n) is 5.34. The van der Waals surface area contributed by atoms with Crippen molar-refractivity contribution in [2.75, 3.05) is 13.2 Å². The number of carbonyl (C=O) groups is 1. The van der Waals surface area contributed by atoms with Crippen LogP contribution in [0.2, 0.25) is 0 Å². The van der Waals surface area contributed by atoms with Crippen molar-refractivity contribution in [1.82, 2.24) is 9.96 Å². The second-order valence-electron chi connectivity index (χ2n) is 6.89. The number of benzene rings is 2. The van der Waals surface area contributed by atoms with E-state index in [2.05, 4.69) is 12.1 Å². The Morgan fingerprint density at radius 2 is 1.72 bits per heavy atom. The van der Waals surface area contributed by atoms with Gasteiger partial charge in [-0.25, -0.2) is 0 Å². The number of ether oxygens (including phenoxy) is 1. The van der Waals surface area contributed by atoms with Crippen molar-refractivity contribution < 1.29 is 14.4 Å². The third-order valence-corrected chi connectivity index (χ3v) is 5.34. The van der Waals surface area contributed by atoms with Gasteiger partial charge in [-0.15, -0.1) is 0 Å². The quantitative estimate of drug-likeness (QED) is 0.863. The number of rotatable bonds is 3. The summed E-state index contributed by atoms with van der Waals surface area (Å²) in [5, 5.41) is 1.93. The van der Waals surface area contributed by atoms with Gasteiger partial charge in [0.15, 0.2) is 6.23 Å². The molecule has 25 heavy (non-hydrogen) atoms. The summed E-state index contributed by atoms with van der Waals surface area (Å²) >= 11 is 0. The van der Waals surface area contributed by atoms with E-state index in [-0.39, 0.29) is 30.2 Å². The largest absolute Gasteiger partial charge is 0.352 e. The van der Waals surface area contributed by atoms with E-state index in [9.17, 15) is 4.79 Å². The Labute approximate surface area is 146 Å². The van der Waals surface area contributed by atoms with Gasteiger partial charge in [-0.05, 0) is 5.56 Å². The maximum absolute atomic E-state index is 13.0. The third kappa shape index (κ3) is 2.47. The average Bonchev–Trinajstić information content (AvgIpc) is 3.31. The van der Waals surface area contributed by atoms with Gasteiger partial charge in [0.25, 0.3) is 0 Å². The van der Waals surface area contributed by atoms with Gasteiger partial charge >= 0.3 is 0 Å². The first-order valence-corrected chi connectivity index (χ1v) is 8.75. The number of hydroxylamine groups is 2. The lowest BCUT2D eigenvalue weighted by Crippen LogP contribution is -2.37. The molecule has 1 amide bonds. The Morgan fingerprint density at radius 3 is 2.48 bits per heavy atom. The molecule has 0 bridgehead atoms. The first kappa shape index (κ1) is 15.1. The Morgan fingerprint density at radius 1 is 1.00 bits per heavy atom. The Hall–Kier alpha value is -2.21. The molecule has 0 spiro atoms. The van der Waals surface area contributed by atoms with E-state index < -0.39 is 0 Å². The minimum atomic E-state index is -0.282. The van der Waals surface area contributed by atoms with Gasteiger partial charge in [0.2, 0.25) is 5.91 Å². The summed E-state index contributed by atoms with van der Waals surface area (Å²) in [7, 11) is 0. The lowest BCUT2D eigenvalue weighted by molar-refractivity contribution is -0.163. The summed E-state index contributed by atoms with van der Waals surface area (Å²) in [6.07, 6.45) is -0.389. The number of hydrogen-bond donors (Lipinski definition) is 0. The zero-order valence-electron chi connectivity index (χ0n) is 13.8. The molecular formula is C20H20N2O3. The summed E-state index contributed by atoms with van der Waals surface area (Å²) in [4.78, 5) is 21.0. The van der Waals surface area contributed by atoms with E-state index >= 15 is 0 Å². The van der Waals surface area contributed by atoms with E-state index in [4.69, 9.17) is 9.57 Å². The van der Waals surface area contributed by atoms with Crippen molar-refractivity contribution in [1.29, 1.82) is 0 Å². The molecule has 0 aromatic heterocycles. The van der Waals surface area contributed by atoms with Gasteiger partial charge < -0.3 is 9.64 Å². The predicted octanol–water partition coefficient (Wildman–Crippen LogP) is 2.36. The minimum absolute atomic E-state index is 0.00322. The molecular weight excluding hydrogens is 316 g/mol. The standard InChI is InChI=1S/C20H20N2O3/c23-19-16-12-21(11-14-7-3-1-4-8-14)25-18(16)17-13-24-20(22(17)19)15-9-5-2-6-10-15/h1-10,16-18,20H,11-13H2/t16-,17-,18+,20-/m1/s1. The summed E-state index contributed by atoms with van der Waals surface area (Å²) in [5.41, 5.74) is 2.22. The number of carbonyl (C=O) groups excluding carboxylic acids is 1. The van der Waals surface area contributed by atoms with Crippen LogP contribution in [0.15, 0.2) is 60.7 Å². The highest BCUT2D eigenvalue weighted by molar-refractivity contribution is 5.84. The van der Waals surface area contributed by atoms with E-state index in [1.54, 1.807) is 0 Å². The van der Waals surface area contributed by atoms with Crippen LogP contribution in [-0.4, -0.2) is 41.2 Å². The molecule has 0 unspecified atom stereocenters. The molecule has 0 N–H and O–H groups in total. The maximum atomic E-state index is 13.0. The normalized spacial score (nSPS) is 31.4. The maximum Gasteiger partial charge on any atom is 0.232 e. The monoisotopic (exact) mass is 336 g/mol. The molecule has 5 heteroatoms. The highest BCUT2D eigenvalue weighted by Crippen LogP contribution is 2.44. The summed E-state index contributed by atoms with van der Waals surface area (Å²) < 4.78 is 5.94. The molecule has 2 aromatic rings. The number of amides is 1. The molecule has 0 radical (unpaired) electrons. The molecule has 3 saturated heterocycles. The van der Waals surface area contributed by atoms with Crippen LogP contribution >= 0.6 is 0 Å². The van der Waals surface area contributed by atoms with Crippen molar-refractivity contribution in [2.24, 2.45) is 5.92 Å². The van der Waals surface area contributed by atoms with Crippen molar-refractivity contribution in [3.8, 4) is 0 Å². The molecule has 3 aliphatic heterocycles. The van der Waals surface area contributed by atoms with Gasteiger partial charge in [-0.2, -0.15) is 5.06 Å². The SMILES string of the molecule is O=C1[C@@H]2CN(Cc3ccccc3)O[C@@H]2[C@H]2CO[C@H](c3ccccc3)N12. The Bertz CT molecular complexity index is 767. The van der Waals surface area contributed by atoms with Crippen LogP contribution in [0.25, 0.3) is 0 Å². The Kier molecular flexibility index (Phi) is 3.59. The topological polar surface area (TPSA) is 42.0 Å². The molecule has 5 nitrogen and oxygen atoms in total. The van der Waals surface area contributed by atoms with Crippen molar-refractivity contribution in [3.05, 3.63) is 71.8 Å². The summed E-state index contributed by atoms with van der Waals surface area (Å²) in [6.45, 7) is 1.88. The van der Waals surface area contributed by atoms with E-state index in [1.165, 1.54) is 5.56 Å². The number of fused-ring (bicyclic) bond motifs is 3. The molecule has 0 aliphatic carbocycles. The second kappa shape index (κ2) is 5.95. The smallest absolute Gasteiger partial charge is 0.232 e. The molecule has 128 valence electrons. The predicted molar refractivity (Wildman–Crippen MR) is 91.0 cm³/mol.